The molecule has 0 saturated heterocycles. The van der Waals surface area contributed by atoms with Crippen molar-refractivity contribution < 1.29 is 14.0 Å². The molecule has 1 aromatic rings. The van der Waals surface area contributed by atoms with Crippen LogP contribution in [0.25, 0.3) is 0 Å². The highest BCUT2D eigenvalue weighted by Crippen LogP contribution is 2.34. The predicted molar refractivity (Wildman–Crippen MR) is 58.8 cm³/mol. The average Bonchev–Trinajstić information content (AvgIpc) is 2.48. The molecule has 1 N–H and O–H groups in total. The largest absolute Gasteiger partial charge is 0.490 e. The topological polar surface area (TPSA) is 30.5 Å². The summed E-state index contributed by atoms with van der Waals surface area (Å²) in [7, 11) is 1.57. The van der Waals surface area contributed by atoms with Gasteiger partial charge >= 0.3 is 0 Å². The molecule has 3 nitrogen and oxygen atoms in total. The van der Waals surface area contributed by atoms with E-state index in [0.29, 0.717) is 17.9 Å². The van der Waals surface area contributed by atoms with Gasteiger partial charge in [-0.2, -0.15) is 5.48 Å². The lowest BCUT2D eigenvalue weighted by atomic mass is 10.0. The predicted octanol–water partition coefficient (Wildman–Crippen LogP) is 2.50. The van der Waals surface area contributed by atoms with E-state index >= 15 is 0 Å². The zero-order chi connectivity index (χ0) is 11.5. The van der Waals surface area contributed by atoms with Crippen LogP contribution in [0.3, 0.4) is 0 Å². The van der Waals surface area contributed by atoms with Crippen LogP contribution in [0.4, 0.5) is 4.39 Å². The zero-order valence-electron chi connectivity index (χ0n) is 9.55. The normalized spacial score (nSPS) is 19.8. The molecule has 0 aliphatic carbocycles. The summed E-state index contributed by atoms with van der Waals surface area (Å²) in [5.74, 6) is 0.106. The Kier molecular flexibility index (Phi) is 3.41. The SMILES string of the molecule is CONC1CCCOc2c1ccc(C)c2F. The molecule has 16 heavy (non-hydrogen) atoms. The van der Waals surface area contributed by atoms with Gasteiger partial charge in [-0.1, -0.05) is 12.1 Å². The quantitative estimate of drug-likeness (QED) is 0.784. The minimum absolute atomic E-state index is 0.00222. The van der Waals surface area contributed by atoms with Crippen LogP contribution in [-0.2, 0) is 4.84 Å². The van der Waals surface area contributed by atoms with Gasteiger partial charge in [0.25, 0.3) is 0 Å². The number of ether oxygens (including phenoxy) is 1. The van der Waals surface area contributed by atoms with E-state index in [2.05, 4.69) is 5.48 Å². The molecule has 0 aromatic heterocycles. The Bertz CT molecular complexity index is 382. The number of hydrogen-bond donors (Lipinski definition) is 1. The second-order valence-electron chi connectivity index (χ2n) is 3.98. The van der Waals surface area contributed by atoms with Crippen LogP contribution in [0, 0.1) is 12.7 Å². The van der Waals surface area contributed by atoms with Crippen molar-refractivity contribution in [3.63, 3.8) is 0 Å². The van der Waals surface area contributed by atoms with Crippen molar-refractivity contribution in [1.29, 1.82) is 0 Å². The van der Waals surface area contributed by atoms with E-state index in [1.807, 2.05) is 6.07 Å². The van der Waals surface area contributed by atoms with Crippen molar-refractivity contribution in [2.24, 2.45) is 0 Å². The first-order chi connectivity index (χ1) is 7.74. The molecule has 0 bridgehead atoms. The first-order valence-corrected chi connectivity index (χ1v) is 5.44. The van der Waals surface area contributed by atoms with E-state index in [1.165, 1.54) is 0 Å². The second-order valence-corrected chi connectivity index (χ2v) is 3.98. The highest BCUT2D eigenvalue weighted by atomic mass is 19.1. The molecule has 0 saturated carbocycles. The van der Waals surface area contributed by atoms with E-state index in [4.69, 9.17) is 9.57 Å². The van der Waals surface area contributed by atoms with E-state index in [-0.39, 0.29) is 11.9 Å². The minimum Gasteiger partial charge on any atom is -0.490 e. The Hall–Kier alpha value is -1.13. The van der Waals surface area contributed by atoms with E-state index in [0.717, 1.165) is 18.4 Å². The molecule has 88 valence electrons. The van der Waals surface area contributed by atoms with E-state index < -0.39 is 0 Å². The average molecular weight is 225 g/mol. The van der Waals surface area contributed by atoms with Gasteiger partial charge in [0.05, 0.1) is 19.8 Å². The summed E-state index contributed by atoms with van der Waals surface area (Å²) in [6, 6.07) is 3.67. The molecule has 1 aliphatic heterocycles. The van der Waals surface area contributed by atoms with Gasteiger partial charge in [0.2, 0.25) is 0 Å². The third kappa shape index (κ3) is 2.03. The lowest BCUT2D eigenvalue weighted by Gasteiger charge is -2.17. The summed E-state index contributed by atoms with van der Waals surface area (Å²) >= 11 is 0. The fraction of sp³-hybridized carbons (Fsp3) is 0.500. The number of benzene rings is 1. The van der Waals surface area contributed by atoms with Gasteiger partial charge in [-0.25, -0.2) is 4.39 Å². The number of fused-ring (bicyclic) bond motifs is 1. The maximum absolute atomic E-state index is 13.9. The van der Waals surface area contributed by atoms with Crippen LogP contribution in [0.5, 0.6) is 5.75 Å². The fourth-order valence-corrected chi connectivity index (χ4v) is 1.97. The number of hydrogen-bond acceptors (Lipinski definition) is 3. The monoisotopic (exact) mass is 225 g/mol. The Labute approximate surface area is 94.5 Å². The van der Waals surface area contributed by atoms with Crippen LogP contribution in [-0.4, -0.2) is 13.7 Å². The molecule has 1 aromatic carbocycles. The molecule has 0 spiro atoms. The molecule has 1 unspecified atom stereocenters. The van der Waals surface area contributed by atoms with Crippen molar-refractivity contribution in [1.82, 2.24) is 5.48 Å². The maximum Gasteiger partial charge on any atom is 0.168 e. The molecule has 0 fully saturated rings. The molecular weight excluding hydrogens is 209 g/mol. The molecule has 0 amide bonds. The number of rotatable bonds is 2. The van der Waals surface area contributed by atoms with Crippen LogP contribution in [0.2, 0.25) is 0 Å². The van der Waals surface area contributed by atoms with Crippen molar-refractivity contribution in [3.05, 3.63) is 29.1 Å². The Morgan fingerprint density at radius 3 is 3.06 bits per heavy atom. The van der Waals surface area contributed by atoms with Crippen LogP contribution < -0.4 is 10.2 Å². The van der Waals surface area contributed by atoms with E-state index in [9.17, 15) is 4.39 Å². The van der Waals surface area contributed by atoms with Gasteiger partial charge in [-0.3, -0.25) is 0 Å². The third-order valence-electron chi connectivity index (χ3n) is 2.84. The summed E-state index contributed by atoms with van der Waals surface area (Å²) in [5.41, 5.74) is 4.32. The van der Waals surface area contributed by atoms with Gasteiger partial charge in [0.15, 0.2) is 11.6 Å². The summed E-state index contributed by atoms with van der Waals surface area (Å²) in [5, 5.41) is 0. The maximum atomic E-state index is 13.9. The van der Waals surface area contributed by atoms with Crippen LogP contribution in [0.1, 0.15) is 30.0 Å². The van der Waals surface area contributed by atoms with E-state index in [1.54, 1.807) is 20.1 Å². The Balaban J connectivity index is 2.42. The third-order valence-corrected chi connectivity index (χ3v) is 2.84. The van der Waals surface area contributed by atoms with Crippen LogP contribution >= 0.6 is 0 Å². The zero-order valence-corrected chi connectivity index (χ0v) is 9.55. The second kappa shape index (κ2) is 4.80. The highest BCUT2D eigenvalue weighted by molar-refractivity contribution is 5.41. The minimum atomic E-state index is -0.262. The summed E-state index contributed by atoms with van der Waals surface area (Å²) in [6.45, 7) is 2.29. The molecule has 1 aliphatic rings. The Morgan fingerprint density at radius 1 is 1.50 bits per heavy atom. The number of hydroxylamine groups is 1. The summed E-state index contributed by atoms with van der Waals surface area (Å²) in [6.07, 6.45) is 1.76. The van der Waals surface area contributed by atoms with Crippen LogP contribution in [0.15, 0.2) is 12.1 Å². The van der Waals surface area contributed by atoms with Crippen molar-refractivity contribution in [2.45, 2.75) is 25.8 Å². The number of nitrogens with one attached hydrogen (secondary N) is 1. The smallest absolute Gasteiger partial charge is 0.168 e. The highest BCUT2D eigenvalue weighted by Gasteiger charge is 2.23. The summed E-state index contributed by atoms with van der Waals surface area (Å²) in [4.78, 5) is 4.94. The van der Waals surface area contributed by atoms with Gasteiger partial charge in [0.1, 0.15) is 0 Å². The molecule has 0 radical (unpaired) electrons. The first kappa shape index (κ1) is 11.4. The van der Waals surface area contributed by atoms with Crippen molar-refractivity contribution >= 4 is 0 Å². The number of aryl methyl sites for hydroxylation is 1. The Morgan fingerprint density at radius 2 is 2.31 bits per heavy atom. The summed E-state index contributed by atoms with van der Waals surface area (Å²) < 4.78 is 19.4. The molecular formula is C12H16FNO2. The van der Waals surface area contributed by atoms with Gasteiger partial charge in [-0.15, -0.1) is 0 Å². The lowest BCUT2D eigenvalue weighted by molar-refractivity contribution is 0.0579. The molecule has 1 heterocycles. The standard InChI is InChI=1S/C12H16FNO2/c1-8-5-6-9-10(14-15-2)4-3-7-16-12(9)11(8)13/h5-6,10,14H,3-4,7H2,1-2H3. The van der Waals surface area contributed by atoms with Crippen molar-refractivity contribution in [2.75, 3.05) is 13.7 Å². The fourth-order valence-electron chi connectivity index (χ4n) is 1.97. The van der Waals surface area contributed by atoms with Gasteiger partial charge < -0.3 is 9.57 Å². The van der Waals surface area contributed by atoms with Crippen molar-refractivity contribution in [3.8, 4) is 5.75 Å². The first-order valence-electron chi connectivity index (χ1n) is 5.44. The van der Waals surface area contributed by atoms with Gasteiger partial charge in [-0.05, 0) is 25.3 Å². The molecule has 4 heteroatoms. The molecule has 1 atom stereocenters. The van der Waals surface area contributed by atoms with Gasteiger partial charge in [0, 0.05) is 5.56 Å². The lowest BCUT2D eigenvalue weighted by Crippen LogP contribution is -2.19. The number of halogens is 1. The molecule has 2 rings (SSSR count).